The summed E-state index contributed by atoms with van der Waals surface area (Å²) in [7, 11) is 0. The quantitative estimate of drug-likeness (QED) is 0.255. The second-order valence-electron chi connectivity index (χ2n) is 11.2. The molecule has 43 heavy (non-hydrogen) atoms. The first-order valence-electron chi connectivity index (χ1n) is 15.2. The molecule has 1 fully saturated rings. The highest BCUT2D eigenvalue weighted by Crippen LogP contribution is 2.11. The molecule has 3 atom stereocenters. The number of carbonyl (C=O) groups is 4. The number of ether oxygens (including phenoxy) is 2. The van der Waals surface area contributed by atoms with Crippen LogP contribution in [0.1, 0.15) is 44.7 Å². The molecule has 0 unspecified atom stereocenters. The number of esters is 1. The minimum Gasteiger partial charge on any atom is -0.464 e. The molecule has 2 aromatic rings. The van der Waals surface area contributed by atoms with Gasteiger partial charge in [0.1, 0.15) is 18.1 Å². The number of rotatable bonds is 16. The van der Waals surface area contributed by atoms with Crippen LogP contribution >= 0.6 is 0 Å². The molecule has 0 aliphatic carbocycles. The van der Waals surface area contributed by atoms with E-state index >= 15 is 0 Å². The van der Waals surface area contributed by atoms with Gasteiger partial charge in [-0.15, -0.1) is 0 Å². The van der Waals surface area contributed by atoms with E-state index in [0.717, 1.165) is 11.1 Å². The molecule has 1 aliphatic heterocycles. The van der Waals surface area contributed by atoms with Gasteiger partial charge in [-0.2, -0.15) is 0 Å². The Kier molecular flexibility index (Phi) is 14.1. The molecule has 234 valence electrons. The van der Waals surface area contributed by atoms with E-state index in [1.165, 1.54) is 0 Å². The Balaban J connectivity index is 1.73. The molecule has 10 heteroatoms. The molecule has 3 N–H and O–H groups in total. The first kappa shape index (κ1) is 33.7. The Labute approximate surface area is 254 Å². The number of nitrogens with one attached hydrogen (secondary N) is 3. The van der Waals surface area contributed by atoms with Crippen LogP contribution in [0.3, 0.4) is 0 Å². The van der Waals surface area contributed by atoms with Gasteiger partial charge in [0, 0.05) is 19.5 Å². The number of amides is 3. The summed E-state index contributed by atoms with van der Waals surface area (Å²) in [5, 5.41) is 8.60. The molecule has 2 aromatic carbocycles. The zero-order chi connectivity index (χ0) is 31.0. The van der Waals surface area contributed by atoms with E-state index in [0.29, 0.717) is 45.6 Å². The third-order valence-electron chi connectivity index (χ3n) is 7.20. The molecular formula is C33H46N4O6. The van der Waals surface area contributed by atoms with Crippen LogP contribution in [0.15, 0.2) is 60.7 Å². The average molecular weight is 595 g/mol. The van der Waals surface area contributed by atoms with E-state index in [1.807, 2.05) is 79.4 Å². The highest BCUT2D eigenvalue weighted by atomic mass is 16.5. The summed E-state index contributed by atoms with van der Waals surface area (Å²) in [6.07, 6.45) is 1.54. The van der Waals surface area contributed by atoms with Crippen LogP contribution in [-0.4, -0.2) is 86.2 Å². The lowest BCUT2D eigenvalue weighted by Crippen LogP contribution is -2.57. The van der Waals surface area contributed by atoms with Gasteiger partial charge in [-0.3, -0.25) is 19.3 Å². The van der Waals surface area contributed by atoms with Crippen molar-refractivity contribution in [3.05, 3.63) is 71.8 Å². The van der Waals surface area contributed by atoms with Gasteiger partial charge in [0.25, 0.3) is 0 Å². The van der Waals surface area contributed by atoms with E-state index in [2.05, 4.69) is 16.0 Å². The van der Waals surface area contributed by atoms with Crippen LogP contribution in [0.4, 0.5) is 0 Å². The van der Waals surface area contributed by atoms with Crippen molar-refractivity contribution in [1.29, 1.82) is 0 Å². The number of hydrogen-bond donors (Lipinski definition) is 3. The van der Waals surface area contributed by atoms with Crippen LogP contribution < -0.4 is 16.0 Å². The number of morpholine rings is 1. The second kappa shape index (κ2) is 18.0. The largest absolute Gasteiger partial charge is 0.464 e. The molecule has 3 rings (SSSR count). The standard InChI is InChI=1S/C33H46N4O6/c1-4-43-33(41)29(22-26-13-9-6-10-14-26)36-32(40)28(21-24(2)3)35-31(39)27(16-15-25-11-7-5-8-12-25)34-30(38)23-37-17-19-42-20-18-37/h5-14,24,27-29H,4,15-23H2,1-3H3,(H,34,38)(H,35,39)(H,36,40)/t27-,28-,29-/m0/s1. The Bertz CT molecular complexity index is 1150. The fraction of sp³-hybridized carbons (Fsp3) is 0.515. The number of hydrogen-bond acceptors (Lipinski definition) is 7. The van der Waals surface area contributed by atoms with E-state index in [-0.39, 0.29) is 31.4 Å². The number of nitrogens with zero attached hydrogens (tertiary/aromatic N) is 1. The van der Waals surface area contributed by atoms with E-state index in [9.17, 15) is 19.2 Å². The monoisotopic (exact) mass is 594 g/mol. The summed E-state index contributed by atoms with van der Waals surface area (Å²) in [6.45, 7) is 8.39. The maximum atomic E-state index is 13.7. The van der Waals surface area contributed by atoms with Gasteiger partial charge in [0.15, 0.2) is 0 Å². The minimum atomic E-state index is -0.913. The third-order valence-corrected chi connectivity index (χ3v) is 7.20. The van der Waals surface area contributed by atoms with Crippen LogP contribution in [0, 0.1) is 5.92 Å². The van der Waals surface area contributed by atoms with Crippen LogP contribution in [-0.2, 0) is 41.5 Å². The second-order valence-corrected chi connectivity index (χ2v) is 11.2. The molecule has 0 bridgehead atoms. The third kappa shape index (κ3) is 12.2. The maximum Gasteiger partial charge on any atom is 0.328 e. The van der Waals surface area contributed by atoms with Crippen molar-refractivity contribution >= 4 is 23.7 Å². The molecule has 1 heterocycles. The molecule has 3 amide bonds. The van der Waals surface area contributed by atoms with Gasteiger partial charge in [-0.25, -0.2) is 4.79 Å². The van der Waals surface area contributed by atoms with Crippen molar-refractivity contribution in [2.75, 3.05) is 39.5 Å². The summed E-state index contributed by atoms with van der Waals surface area (Å²) >= 11 is 0. The van der Waals surface area contributed by atoms with Crippen molar-refractivity contribution < 1.29 is 28.7 Å². The molecule has 0 saturated carbocycles. The summed E-state index contributed by atoms with van der Waals surface area (Å²) in [5.74, 6) is -1.64. The van der Waals surface area contributed by atoms with Crippen LogP contribution in [0.5, 0.6) is 0 Å². The first-order valence-corrected chi connectivity index (χ1v) is 15.2. The molecule has 0 aromatic heterocycles. The fourth-order valence-corrected chi connectivity index (χ4v) is 4.96. The van der Waals surface area contributed by atoms with E-state index in [4.69, 9.17) is 9.47 Å². The van der Waals surface area contributed by atoms with Crippen LogP contribution in [0.25, 0.3) is 0 Å². The Morgan fingerprint density at radius 2 is 1.40 bits per heavy atom. The van der Waals surface area contributed by atoms with Crippen molar-refractivity contribution in [3.8, 4) is 0 Å². The zero-order valence-electron chi connectivity index (χ0n) is 25.6. The van der Waals surface area contributed by atoms with E-state index < -0.39 is 35.9 Å². The first-order chi connectivity index (χ1) is 20.7. The van der Waals surface area contributed by atoms with Gasteiger partial charge in [0.2, 0.25) is 17.7 Å². The fourth-order valence-electron chi connectivity index (χ4n) is 4.96. The normalized spacial score (nSPS) is 15.6. The summed E-state index contributed by atoms with van der Waals surface area (Å²) < 4.78 is 10.6. The smallest absolute Gasteiger partial charge is 0.328 e. The van der Waals surface area contributed by atoms with Crippen molar-refractivity contribution in [2.45, 2.75) is 64.6 Å². The topological polar surface area (TPSA) is 126 Å². The van der Waals surface area contributed by atoms with Crippen LogP contribution in [0.2, 0.25) is 0 Å². The summed E-state index contributed by atoms with van der Waals surface area (Å²) in [5.41, 5.74) is 1.91. The van der Waals surface area contributed by atoms with Gasteiger partial charge >= 0.3 is 5.97 Å². The highest BCUT2D eigenvalue weighted by molar-refractivity contribution is 5.93. The average Bonchev–Trinajstić information content (AvgIpc) is 3.00. The number of carbonyl (C=O) groups excluding carboxylic acids is 4. The number of benzene rings is 2. The van der Waals surface area contributed by atoms with Crippen molar-refractivity contribution in [1.82, 2.24) is 20.9 Å². The Morgan fingerprint density at radius 1 is 0.814 bits per heavy atom. The highest BCUT2D eigenvalue weighted by Gasteiger charge is 2.31. The van der Waals surface area contributed by atoms with Gasteiger partial charge in [0.05, 0.1) is 26.4 Å². The zero-order valence-corrected chi connectivity index (χ0v) is 25.6. The van der Waals surface area contributed by atoms with Gasteiger partial charge in [-0.05, 0) is 43.2 Å². The lowest BCUT2D eigenvalue weighted by molar-refractivity contribution is -0.147. The lowest BCUT2D eigenvalue weighted by Gasteiger charge is -2.28. The maximum absolute atomic E-state index is 13.7. The molecule has 1 saturated heterocycles. The SMILES string of the molecule is CCOC(=O)[C@H](Cc1ccccc1)NC(=O)[C@H](CC(C)C)NC(=O)[C@H](CCc1ccccc1)NC(=O)CN1CCOCC1. The summed E-state index contributed by atoms with van der Waals surface area (Å²) in [4.78, 5) is 55.0. The molecule has 0 radical (unpaired) electrons. The molecular weight excluding hydrogens is 548 g/mol. The minimum absolute atomic E-state index is 0.0740. The van der Waals surface area contributed by atoms with E-state index in [1.54, 1.807) is 6.92 Å². The Hall–Kier alpha value is -3.76. The molecule has 0 spiro atoms. The lowest BCUT2D eigenvalue weighted by atomic mass is 10.00. The molecule has 1 aliphatic rings. The molecule has 10 nitrogen and oxygen atoms in total. The summed E-state index contributed by atoms with van der Waals surface area (Å²) in [6, 6.07) is 16.4. The predicted octanol–water partition coefficient (Wildman–Crippen LogP) is 2.26. The van der Waals surface area contributed by atoms with Gasteiger partial charge in [-0.1, -0.05) is 74.5 Å². The number of aryl methyl sites for hydroxylation is 1. The van der Waals surface area contributed by atoms with Crippen molar-refractivity contribution in [3.63, 3.8) is 0 Å². The Morgan fingerprint density at radius 3 is 2.00 bits per heavy atom. The van der Waals surface area contributed by atoms with Crippen molar-refractivity contribution in [2.24, 2.45) is 5.92 Å². The predicted molar refractivity (Wildman–Crippen MR) is 164 cm³/mol. The van der Waals surface area contributed by atoms with Gasteiger partial charge < -0.3 is 25.4 Å².